The summed E-state index contributed by atoms with van der Waals surface area (Å²) in [6.07, 6.45) is -4.47. The lowest BCUT2D eigenvalue weighted by atomic mass is 10.1. The Morgan fingerprint density at radius 1 is 1.22 bits per heavy atom. The van der Waals surface area contributed by atoms with E-state index in [1.54, 1.807) is 12.3 Å². The summed E-state index contributed by atoms with van der Waals surface area (Å²) in [7, 11) is 0. The normalized spacial score (nSPS) is 12.3. The zero-order valence-electron chi connectivity index (χ0n) is 13.9. The molecule has 1 aromatic carbocycles. The molecule has 0 spiro atoms. The zero-order chi connectivity index (χ0) is 19.6. The Hall–Kier alpha value is -2.66. The molecule has 0 fully saturated rings. The molecule has 11 heteroatoms. The molecule has 0 aliphatic carbocycles. The minimum atomic E-state index is -4.47. The van der Waals surface area contributed by atoms with Crippen molar-refractivity contribution in [3.63, 3.8) is 0 Å². The molecule has 2 heterocycles. The largest absolute Gasteiger partial charge is 0.416 e. The van der Waals surface area contributed by atoms with Crippen LogP contribution in [0.1, 0.15) is 34.2 Å². The molecule has 0 aliphatic rings. The number of thiazole rings is 1. The number of aromatic nitrogens is 3. The average molecular weight is 412 g/mol. The number of rotatable bonds is 4. The van der Waals surface area contributed by atoms with Gasteiger partial charge in [0.25, 0.3) is 0 Å². The number of benzene rings is 1. The smallest absolute Gasteiger partial charge is 0.312 e. The summed E-state index contributed by atoms with van der Waals surface area (Å²) >= 11 is 2.60. The van der Waals surface area contributed by atoms with E-state index in [0.29, 0.717) is 11.4 Å². The van der Waals surface area contributed by atoms with Gasteiger partial charge in [-0.25, -0.2) is 9.78 Å². The van der Waals surface area contributed by atoms with E-state index in [-0.39, 0.29) is 5.56 Å². The molecule has 0 saturated carbocycles. The second kappa shape index (κ2) is 7.53. The first-order valence-electron chi connectivity index (χ1n) is 7.44. The van der Waals surface area contributed by atoms with Crippen molar-refractivity contribution in [1.82, 2.24) is 14.6 Å². The lowest BCUT2D eigenvalue weighted by molar-refractivity contribution is -0.137. The van der Waals surface area contributed by atoms with E-state index in [2.05, 4.69) is 19.7 Å². The van der Waals surface area contributed by atoms with Crippen molar-refractivity contribution in [3.05, 3.63) is 52.2 Å². The van der Waals surface area contributed by atoms with Gasteiger partial charge < -0.3 is 4.84 Å². The van der Waals surface area contributed by atoms with Crippen LogP contribution in [0.25, 0.3) is 9.88 Å². The first-order valence-corrected chi connectivity index (χ1v) is 9.09. The number of carbonyl (C=O) groups excluding carboxylic acids is 1. The molecule has 2 aromatic heterocycles. The van der Waals surface area contributed by atoms with Gasteiger partial charge in [0.15, 0.2) is 0 Å². The van der Waals surface area contributed by atoms with Crippen molar-refractivity contribution in [3.8, 4) is 9.88 Å². The molecular formula is C16H11F3N4O2S2. The third-order valence-corrected chi connectivity index (χ3v) is 5.26. The van der Waals surface area contributed by atoms with Gasteiger partial charge in [0.05, 0.1) is 22.5 Å². The number of oxime groups is 1. The molecule has 0 unspecified atom stereocenters. The van der Waals surface area contributed by atoms with E-state index in [1.807, 2.05) is 6.92 Å². The topological polar surface area (TPSA) is 77.3 Å². The number of hydrogen-bond acceptors (Lipinski definition) is 8. The van der Waals surface area contributed by atoms with Crippen molar-refractivity contribution < 1.29 is 22.8 Å². The highest BCUT2D eigenvalue weighted by molar-refractivity contribution is 7.18. The van der Waals surface area contributed by atoms with Crippen molar-refractivity contribution in [2.45, 2.75) is 20.0 Å². The Balaban J connectivity index is 1.69. The van der Waals surface area contributed by atoms with Gasteiger partial charge >= 0.3 is 12.1 Å². The lowest BCUT2D eigenvalue weighted by Gasteiger charge is -2.06. The maximum Gasteiger partial charge on any atom is 0.416 e. The van der Waals surface area contributed by atoms with Crippen LogP contribution in [-0.4, -0.2) is 26.3 Å². The van der Waals surface area contributed by atoms with Crippen LogP contribution in [0, 0.1) is 6.92 Å². The van der Waals surface area contributed by atoms with Crippen LogP contribution in [0.2, 0.25) is 0 Å². The summed E-state index contributed by atoms with van der Waals surface area (Å²) in [6, 6.07) is 3.70. The highest BCUT2D eigenvalue weighted by Crippen LogP contribution is 2.30. The molecule has 3 rings (SSSR count). The number of aryl methyl sites for hydroxylation is 1. The Kier molecular flexibility index (Phi) is 5.33. The maximum atomic E-state index is 12.5. The lowest BCUT2D eigenvalue weighted by Crippen LogP contribution is -2.07. The molecule has 0 radical (unpaired) electrons. The van der Waals surface area contributed by atoms with Gasteiger partial charge in [0, 0.05) is 5.38 Å². The first-order chi connectivity index (χ1) is 12.8. The van der Waals surface area contributed by atoms with E-state index >= 15 is 0 Å². The molecule has 0 atom stereocenters. The fourth-order valence-corrected chi connectivity index (χ4v) is 3.63. The second-order valence-electron chi connectivity index (χ2n) is 5.36. The Labute approximate surface area is 159 Å². The van der Waals surface area contributed by atoms with Crippen LogP contribution in [-0.2, 0) is 11.0 Å². The fraction of sp³-hybridized carbons (Fsp3) is 0.188. The van der Waals surface area contributed by atoms with Crippen LogP contribution < -0.4 is 0 Å². The highest BCUT2D eigenvalue weighted by atomic mass is 32.1. The highest BCUT2D eigenvalue weighted by Gasteiger charge is 2.30. The van der Waals surface area contributed by atoms with Crippen molar-refractivity contribution >= 4 is 34.6 Å². The Bertz CT molecular complexity index is 994. The molecule has 140 valence electrons. The monoisotopic (exact) mass is 412 g/mol. The molecule has 3 aromatic rings. The number of hydrogen-bond donors (Lipinski definition) is 0. The number of alkyl halides is 3. The maximum absolute atomic E-state index is 12.5. The molecule has 0 bridgehead atoms. The number of nitrogens with zero attached hydrogens (tertiary/aromatic N) is 4. The third kappa shape index (κ3) is 4.37. The molecule has 0 N–H and O–H groups in total. The summed E-state index contributed by atoms with van der Waals surface area (Å²) in [5.41, 5.74) is 0.756. The van der Waals surface area contributed by atoms with Gasteiger partial charge in [-0.2, -0.15) is 13.2 Å². The molecular weight excluding hydrogens is 401 g/mol. The molecule has 0 amide bonds. The van der Waals surface area contributed by atoms with Gasteiger partial charge in [0.2, 0.25) is 0 Å². The van der Waals surface area contributed by atoms with Gasteiger partial charge in [-0.05, 0) is 49.6 Å². The quantitative estimate of drug-likeness (QED) is 0.356. The van der Waals surface area contributed by atoms with Crippen LogP contribution in [0.4, 0.5) is 13.2 Å². The fourth-order valence-electron chi connectivity index (χ4n) is 1.98. The van der Waals surface area contributed by atoms with Crippen LogP contribution in [0.5, 0.6) is 0 Å². The van der Waals surface area contributed by atoms with E-state index in [0.717, 1.165) is 39.8 Å². The first kappa shape index (κ1) is 19.1. The second-order valence-corrected chi connectivity index (χ2v) is 6.97. The minimum absolute atomic E-state index is 0.0372. The molecule has 0 saturated heterocycles. The third-order valence-electron chi connectivity index (χ3n) is 3.43. The van der Waals surface area contributed by atoms with E-state index < -0.39 is 17.7 Å². The van der Waals surface area contributed by atoms with Gasteiger partial charge in [0.1, 0.15) is 15.6 Å². The van der Waals surface area contributed by atoms with Crippen LogP contribution in [0.15, 0.2) is 34.8 Å². The molecule has 27 heavy (non-hydrogen) atoms. The van der Waals surface area contributed by atoms with E-state index in [1.165, 1.54) is 22.9 Å². The predicted octanol–water partition coefficient (Wildman–Crippen LogP) is 4.57. The van der Waals surface area contributed by atoms with Crippen molar-refractivity contribution in [2.24, 2.45) is 5.16 Å². The average Bonchev–Trinajstić information content (AvgIpc) is 3.27. The SMILES string of the molecule is C/C(=N/OC(=O)c1ccc(C(F)(F)F)cc1)c1csc(-c2snnc2C)n1. The standard InChI is InChI=1S/C16H11F3N4O2S2/c1-8(12-7-26-14(20-12)13-9(2)21-23-27-13)22-25-15(24)10-3-5-11(6-4-10)16(17,18)19/h3-7H,1-2H3/b22-8-. The van der Waals surface area contributed by atoms with Crippen LogP contribution in [0.3, 0.4) is 0 Å². The molecule has 0 aliphatic heterocycles. The zero-order valence-corrected chi connectivity index (χ0v) is 15.6. The van der Waals surface area contributed by atoms with Crippen LogP contribution >= 0.6 is 22.9 Å². The van der Waals surface area contributed by atoms with Crippen molar-refractivity contribution in [1.29, 1.82) is 0 Å². The van der Waals surface area contributed by atoms with Crippen molar-refractivity contribution in [2.75, 3.05) is 0 Å². The Morgan fingerprint density at radius 2 is 1.93 bits per heavy atom. The van der Waals surface area contributed by atoms with Gasteiger partial charge in [-0.3, -0.25) is 0 Å². The summed E-state index contributed by atoms with van der Waals surface area (Å²) in [5.74, 6) is -0.860. The van der Waals surface area contributed by atoms with Gasteiger partial charge in [-0.1, -0.05) is 9.64 Å². The summed E-state index contributed by atoms with van der Waals surface area (Å²) < 4.78 is 41.5. The summed E-state index contributed by atoms with van der Waals surface area (Å²) in [5, 5.41) is 10.1. The number of halogens is 3. The van der Waals surface area contributed by atoms with Gasteiger partial charge in [-0.15, -0.1) is 16.4 Å². The minimum Gasteiger partial charge on any atom is -0.312 e. The summed E-state index contributed by atoms with van der Waals surface area (Å²) in [6.45, 7) is 3.43. The number of carbonyl (C=O) groups is 1. The Morgan fingerprint density at radius 3 is 2.52 bits per heavy atom. The summed E-state index contributed by atoms with van der Waals surface area (Å²) in [4.78, 5) is 22.0. The van der Waals surface area contributed by atoms with E-state index in [4.69, 9.17) is 4.84 Å². The van der Waals surface area contributed by atoms with E-state index in [9.17, 15) is 18.0 Å². The predicted molar refractivity (Wildman–Crippen MR) is 94.8 cm³/mol. The molecule has 6 nitrogen and oxygen atoms in total.